The van der Waals surface area contributed by atoms with Gasteiger partial charge >= 0.3 is 0 Å². The third kappa shape index (κ3) is 2.99. The van der Waals surface area contributed by atoms with Gasteiger partial charge in [-0.2, -0.15) is 0 Å². The lowest BCUT2D eigenvalue weighted by atomic mass is 9.94. The van der Waals surface area contributed by atoms with E-state index in [1.165, 1.54) is 6.07 Å². The highest BCUT2D eigenvalue weighted by atomic mass is 79.9. The first-order chi connectivity index (χ1) is 8.90. The first kappa shape index (κ1) is 14.5. The first-order valence-electron chi connectivity index (χ1n) is 5.87. The Hall–Kier alpha value is -0.900. The normalized spacial score (nSPS) is 12.5. The molecule has 100 valence electrons. The smallest absolute Gasteiger partial charge is 0.128 e. The van der Waals surface area contributed by atoms with E-state index in [0.717, 1.165) is 21.2 Å². The molecule has 0 saturated heterocycles. The molecule has 0 heterocycles. The van der Waals surface area contributed by atoms with Gasteiger partial charge in [0.15, 0.2) is 0 Å². The molecule has 2 aromatic carbocycles. The first-order valence-corrected chi connectivity index (χ1v) is 7.04. The second kappa shape index (κ2) is 5.61. The van der Waals surface area contributed by atoms with Gasteiger partial charge in [0.2, 0.25) is 0 Å². The molecule has 0 aliphatic heterocycles. The highest BCUT2D eigenvalue weighted by Crippen LogP contribution is 2.32. The van der Waals surface area contributed by atoms with Gasteiger partial charge in [-0.15, -0.1) is 0 Å². The van der Waals surface area contributed by atoms with E-state index in [1.807, 2.05) is 32.0 Å². The molecule has 0 aliphatic rings. The topological polar surface area (TPSA) is 26.0 Å². The molecule has 0 aromatic heterocycles. The van der Waals surface area contributed by atoms with Crippen molar-refractivity contribution in [2.24, 2.45) is 5.73 Å². The SMILES string of the molecule is Cc1cc(C)c(C(N)c2ccc(Br)cc2Cl)c(F)c1. The Morgan fingerprint density at radius 2 is 1.89 bits per heavy atom. The Labute approximate surface area is 125 Å². The fourth-order valence-corrected chi connectivity index (χ4v) is 3.02. The van der Waals surface area contributed by atoms with E-state index < -0.39 is 6.04 Å². The molecule has 2 rings (SSSR count). The summed E-state index contributed by atoms with van der Waals surface area (Å²) in [5.74, 6) is -0.288. The van der Waals surface area contributed by atoms with E-state index in [2.05, 4.69) is 15.9 Å². The molecule has 0 aliphatic carbocycles. The molecule has 2 N–H and O–H groups in total. The molecule has 0 amide bonds. The lowest BCUT2D eigenvalue weighted by Gasteiger charge is -2.18. The van der Waals surface area contributed by atoms with Crippen LogP contribution < -0.4 is 5.73 Å². The summed E-state index contributed by atoms with van der Waals surface area (Å²) in [6.07, 6.45) is 0. The summed E-state index contributed by atoms with van der Waals surface area (Å²) in [6.45, 7) is 3.72. The number of benzene rings is 2. The zero-order valence-electron chi connectivity index (χ0n) is 10.7. The fraction of sp³-hybridized carbons (Fsp3) is 0.200. The molecule has 0 fully saturated rings. The van der Waals surface area contributed by atoms with Gasteiger partial charge in [-0.1, -0.05) is 39.7 Å². The predicted molar refractivity (Wildman–Crippen MR) is 81.1 cm³/mol. The number of nitrogens with two attached hydrogens (primary N) is 1. The lowest BCUT2D eigenvalue weighted by molar-refractivity contribution is 0.596. The van der Waals surface area contributed by atoms with Crippen molar-refractivity contribution in [3.8, 4) is 0 Å². The zero-order valence-corrected chi connectivity index (χ0v) is 13.0. The molecule has 1 nitrogen and oxygen atoms in total. The summed E-state index contributed by atoms with van der Waals surface area (Å²) in [5, 5.41) is 0.529. The van der Waals surface area contributed by atoms with Gasteiger partial charge in [-0.25, -0.2) is 4.39 Å². The molecule has 0 saturated carbocycles. The minimum Gasteiger partial charge on any atom is -0.320 e. The van der Waals surface area contributed by atoms with Crippen LogP contribution in [-0.2, 0) is 0 Å². The van der Waals surface area contributed by atoms with Crippen molar-refractivity contribution in [2.45, 2.75) is 19.9 Å². The maximum Gasteiger partial charge on any atom is 0.128 e. The molecular weight excluding hydrogens is 329 g/mol. The highest BCUT2D eigenvalue weighted by Gasteiger charge is 2.19. The van der Waals surface area contributed by atoms with Gasteiger partial charge in [-0.05, 0) is 48.7 Å². The van der Waals surface area contributed by atoms with Crippen molar-refractivity contribution in [3.05, 3.63) is 67.9 Å². The average Bonchev–Trinajstić information content (AvgIpc) is 2.26. The minimum atomic E-state index is -0.568. The number of hydrogen-bond acceptors (Lipinski definition) is 1. The number of hydrogen-bond donors (Lipinski definition) is 1. The molecule has 4 heteroatoms. The highest BCUT2D eigenvalue weighted by molar-refractivity contribution is 9.10. The Morgan fingerprint density at radius 3 is 2.47 bits per heavy atom. The molecule has 1 unspecified atom stereocenters. The standard InChI is InChI=1S/C15H14BrClFN/c1-8-5-9(2)14(13(18)6-8)15(19)11-4-3-10(16)7-12(11)17/h3-7,15H,19H2,1-2H3. The van der Waals surface area contributed by atoms with Gasteiger partial charge in [0, 0.05) is 15.1 Å². The molecule has 2 aromatic rings. The predicted octanol–water partition coefficient (Wildman–Crippen LogP) is 4.91. The van der Waals surface area contributed by atoms with E-state index in [1.54, 1.807) is 6.07 Å². The van der Waals surface area contributed by atoms with E-state index in [0.29, 0.717) is 10.6 Å². The summed E-state index contributed by atoms with van der Waals surface area (Å²) in [7, 11) is 0. The van der Waals surface area contributed by atoms with Crippen LogP contribution in [0, 0.1) is 19.7 Å². The third-order valence-corrected chi connectivity index (χ3v) is 3.91. The second-order valence-corrected chi connectivity index (χ2v) is 5.94. The molecule has 1 atom stereocenters. The molecule has 19 heavy (non-hydrogen) atoms. The quantitative estimate of drug-likeness (QED) is 0.825. The number of aryl methyl sites for hydroxylation is 2. The van der Waals surface area contributed by atoms with Crippen LogP contribution >= 0.6 is 27.5 Å². The van der Waals surface area contributed by atoms with Crippen molar-refractivity contribution < 1.29 is 4.39 Å². The summed E-state index contributed by atoms with van der Waals surface area (Å²) in [5.41, 5.74) is 9.11. The van der Waals surface area contributed by atoms with Crippen molar-refractivity contribution in [1.29, 1.82) is 0 Å². The van der Waals surface area contributed by atoms with Gasteiger partial charge < -0.3 is 5.73 Å². The summed E-state index contributed by atoms with van der Waals surface area (Å²) in [6, 6.07) is 8.28. The van der Waals surface area contributed by atoms with Crippen LogP contribution in [0.4, 0.5) is 4.39 Å². The van der Waals surface area contributed by atoms with E-state index in [4.69, 9.17) is 17.3 Å². The van der Waals surface area contributed by atoms with Gasteiger partial charge in [0.05, 0.1) is 6.04 Å². The summed E-state index contributed by atoms with van der Waals surface area (Å²) < 4.78 is 15.0. The Morgan fingerprint density at radius 1 is 1.21 bits per heavy atom. The third-order valence-electron chi connectivity index (χ3n) is 3.09. The van der Waals surface area contributed by atoms with Crippen LogP contribution in [0.15, 0.2) is 34.8 Å². The largest absolute Gasteiger partial charge is 0.320 e. The number of rotatable bonds is 2. The van der Waals surface area contributed by atoms with Crippen molar-refractivity contribution in [3.63, 3.8) is 0 Å². The van der Waals surface area contributed by atoms with Crippen LogP contribution in [0.2, 0.25) is 5.02 Å². The molecular formula is C15H14BrClFN. The van der Waals surface area contributed by atoms with Gasteiger partial charge in [0.1, 0.15) is 5.82 Å². The fourth-order valence-electron chi connectivity index (χ4n) is 2.23. The van der Waals surface area contributed by atoms with E-state index >= 15 is 0 Å². The van der Waals surface area contributed by atoms with Crippen LogP contribution in [0.3, 0.4) is 0 Å². The number of halogens is 3. The van der Waals surface area contributed by atoms with Crippen LogP contribution in [0.1, 0.15) is 28.3 Å². The van der Waals surface area contributed by atoms with Crippen LogP contribution in [0.5, 0.6) is 0 Å². The van der Waals surface area contributed by atoms with Gasteiger partial charge in [-0.3, -0.25) is 0 Å². The molecule has 0 spiro atoms. The molecule has 0 bridgehead atoms. The van der Waals surface area contributed by atoms with Crippen molar-refractivity contribution in [1.82, 2.24) is 0 Å². The molecule has 0 radical (unpaired) electrons. The Balaban J connectivity index is 2.53. The summed E-state index contributed by atoms with van der Waals surface area (Å²) >= 11 is 9.52. The van der Waals surface area contributed by atoms with E-state index in [9.17, 15) is 4.39 Å². The second-order valence-electron chi connectivity index (χ2n) is 4.62. The monoisotopic (exact) mass is 341 g/mol. The Bertz CT molecular complexity index is 605. The Kier molecular flexibility index (Phi) is 4.29. The van der Waals surface area contributed by atoms with Crippen molar-refractivity contribution in [2.75, 3.05) is 0 Å². The summed E-state index contributed by atoms with van der Waals surface area (Å²) in [4.78, 5) is 0. The van der Waals surface area contributed by atoms with Crippen molar-refractivity contribution >= 4 is 27.5 Å². The van der Waals surface area contributed by atoms with Crippen LogP contribution in [-0.4, -0.2) is 0 Å². The minimum absolute atomic E-state index is 0.288. The zero-order chi connectivity index (χ0) is 14.2. The van der Waals surface area contributed by atoms with Crippen LogP contribution in [0.25, 0.3) is 0 Å². The lowest BCUT2D eigenvalue weighted by Crippen LogP contribution is -2.16. The van der Waals surface area contributed by atoms with E-state index in [-0.39, 0.29) is 5.82 Å². The maximum absolute atomic E-state index is 14.1. The van der Waals surface area contributed by atoms with Gasteiger partial charge in [0.25, 0.3) is 0 Å². The maximum atomic E-state index is 14.1. The average molecular weight is 343 g/mol.